The minimum absolute atomic E-state index is 0.562. The Labute approximate surface area is 295 Å². The quantitative estimate of drug-likeness (QED) is 0.166. The number of benzene rings is 5. The first-order valence-corrected chi connectivity index (χ1v) is 18.4. The van der Waals surface area contributed by atoms with Gasteiger partial charge in [-0.05, 0) is 101 Å². The van der Waals surface area contributed by atoms with Crippen LogP contribution in [0.2, 0.25) is 0 Å². The van der Waals surface area contributed by atoms with E-state index >= 15 is 0 Å². The van der Waals surface area contributed by atoms with E-state index in [2.05, 4.69) is 182 Å². The second-order valence-corrected chi connectivity index (χ2v) is 11.6. The van der Waals surface area contributed by atoms with Crippen molar-refractivity contribution in [3.8, 4) is 22.3 Å². The van der Waals surface area contributed by atoms with Crippen LogP contribution in [-0.2, 0) is 6.42 Å². The molecule has 0 nitrogen and oxygen atoms in total. The highest BCUT2D eigenvalue weighted by molar-refractivity contribution is 5.77. The van der Waals surface area contributed by atoms with Crippen molar-refractivity contribution in [1.82, 2.24) is 0 Å². The Hall–Kier alpha value is -4.16. The zero-order chi connectivity index (χ0) is 35.7. The van der Waals surface area contributed by atoms with Crippen molar-refractivity contribution in [3.05, 3.63) is 154 Å². The van der Waals surface area contributed by atoms with Gasteiger partial charge in [0, 0.05) is 0 Å². The first-order valence-electron chi connectivity index (χ1n) is 18.4. The lowest BCUT2D eigenvalue weighted by Gasteiger charge is -2.18. The summed E-state index contributed by atoms with van der Waals surface area (Å²) >= 11 is 0. The summed E-state index contributed by atoms with van der Waals surface area (Å²) < 4.78 is 0. The summed E-state index contributed by atoms with van der Waals surface area (Å²) in [6.07, 6.45) is 9.09. The van der Waals surface area contributed by atoms with Gasteiger partial charge in [0.1, 0.15) is 0 Å². The van der Waals surface area contributed by atoms with Crippen molar-refractivity contribution < 1.29 is 0 Å². The Morgan fingerprint density at radius 2 is 1.15 bits per heavy atom. The van der Waals surface area contributed by atoms with Crippen molar-refractivity contribution in [2.75, 3.05) is 0 Å². The van der Waals surface area contributed by atoms with Crippen LogP contribution in [0.4, 0.5) is 0 Å². The van der Waals surface area contributed by atoms with Gasteiger partial charge >= 0.3 is 0 Å². The van der Waals surface area contributed by atoms with Crippen LogP contribution in [-0.4, -0.2) is 0 Å². The van der Waals surface area contributed by atoms with E-state index in [0.717, 1.165) is 12.8 Å². The molecule has 0 heterocycles. The molecule has 1 unspecified atom stereocenters. The van der Waals surface area contributed by atoms with Crippen molar-refractivity contribution in [1.29, 1.82) is 0 Å². The van der Waals surface area contributed by atoms with Crippen LogP contribution in [0.25, 0.3) is 34.4 Å². The molecule has 0 aliphatic heterocycles. The van der Waals surface area contributed by atoms with Gasteiger partial charge in [-0.25, -0.2) is 0 Å². The predicted octanol–water partition coefficient (Wildman–Crippen LogP) is 13.5. The lowest BCUT2D eigenvalue weighted by molar-refractivity contribution is 0.735. The summed E-state index contributed by atoms with van der Waals surface area (Å²) in [4.78, 5) is 0. The van der Waals surface area contributed by atoms with E-state index < -0.39 is 0 Å². The maximum absolute atomic E-state index is 2.37. The van der Waals surface area contributed by atoms with Crippen molar-refractivity contribution in [2.24, 2.45) is 0 Å². The minimum Gasteiger partial charge on any atom is -0.0798 e. The van der Waals surface area contributed by atoms with Crippen LogP contribution >= 0.6 is 0 Å². The molecule has 0 saturated carbocycles. The third-order valence-corrected chi connectivity index (χ3v) is 8.13. The molecule has 0 N–H and O–H groups in total. The molecule has 0 saturated heterocycles. The van der Waals surface area contributed by atoms with Gasteiger partial charge in [0.15, 0.2) is 0 Å². The highest BCUT2D eigenvalue weighted by Crippen LogP contribution is 2.36. The van der Waals surface area contributed by atoms with E-state index in [1.54, 1.807) is 0 Å². The standard InChI is InChI=1S/C24H26.C11H14.C9H12.2C2H6/c1-5-18(3)23-15-14-21(20-12-10-17(2)11-13-20)16-24(23)22-9-7-6-8-19(22)4;1-3-7-11-9-6-5-8-10(11)4-2;1-2-6-9-7-4-3-5-8-9;2*1-2/h6-16,18H,5H2,1-4H3;4-9H,3H2,1-2H3;3-5,7-8H,2,6H2,1H3;2*1-2H3/b;10-4-,11-7-;;;. The first kappa shape index (κ1) is 41.9. The Morgan fingerprint density at radius 1 is 0.583 bits per heavy atom. The fourth-order valence-corrected chi connectivity index (χ4v) is 5.35. The van der Waals surface area contributed by atoms with E-state index in [-0.39, 0.29) is 0 Å². The molecule has 1 atom stereocenters. The number of hydrogen-bond donors (Lipinski definition) is 0. The normalized spacial score (nSPS) is 11.3. The Bertz CT molecular complexity index is 1660. The van der Waals surface area contributed by atoms with Crippen LogP contribution in [0.5, 0.6) is 0 Å². The molecule has 0 spiro atoms. The summed E-state index contributed by atoms with van der Waals surface area (Å²) in [5.74, 6) is 0.562. The monoisotopic (exact) mass is 641 g/mol. The van der Waals surface area contributed by atoms with Crippen LogP contribution in [0.15, 0.2) is 121 Å². The lowest BCUT2D eigenvalue weighted by Crippen LogP contribution is -2.22. The molecule has 0 radical (unpaired) electrons. The summed E-state index contributed by atoms with van der Waals surface area (Å²) in [7, 11) is 0. The summed E-state index contributed by atoms with van der Waals surface area (Å²) in [6, 6.07) is 43.5. The average Bonchev–Trinajstić information content (AvgIpc) is 3.15. The van der Waals surface area contributed by atoms with Crippen molar-refractivity contribution in [3.63, 3.8) is 0 Å². The molecule has 0 bridgehead atoms. The molecule has 0 fully saturated rings. The topological polar surface area (TPSA) is 0 Å². The van der Waals surface area contributed by atoms with E-state index in [4.69, 9.17) is 0 Å². The van der Waals surface area contributed by atoms with Gasteiger partial charge in [-0.1, -0.05) is 195 Å². The molecule has 256 valence electrons. The molecule has 5 rings (SSSR count). The Kier molecular flexibility index (Phi) is 21.7. The van der Waals surface area contributed by atoms with Gasteiger partial charge in [-0.3, -0.25) is 0 Å². The molecular formula is C48H64. The van der Waals surface area contributed by atoms with Gasteiger partial charge < -0.3 is 0 Å². The second-order valence-electron chi connectivity index (χ2n) is 11.6. The number of rotatable bonds is 7. The summed E-state index contributed by atoms with van der Waals surface area (Å²) in [5, 5.41) is 2.67. The van der Waals surface area contributed by atoms with Gasteiger partial charge in [0.2, 0.25) is 0 Å². The average molecular weight is 641 g/mol. The smallest absolute Gasteiger partial charge is 0.0140 e. The van der Waals surface area contributed by atoms with Gasteiger partial charge in [-0.15, -0.1) is 0 Å². The van der Waals surface area contributed by atoms with Gasteiger partial charge in [0.25, 0.3) is 0 Å². The lowest BCUT2D eigenvalue weighted by atomic mass is 9.86. The van der Waals surface area contributed by atoms with Crippen molar-refractivity contribution in [2.45, 2.75) is 108 Å². The molecule has 0 heteroatoms. The molecule has 5 aromatic carbocycles. The van der Waals surface area contributed by atoms with Crippen LogP contribution in [0, 0.1) is 13.8 Å². The Balaban J connectivity index is 0.000000397. The second kappa shape index (κ2) is 24.9. The highest BCUT2D eigenvalue weighted by atomic mass is 14.2. The Morgan fingerprint density at radius 3 is 1.71 bits per heavy atom. The molecule has 0 aliphatic rings. The van der Waals surface area contributed by atoms with Crippen LogP contribution in [0.3, 0.4) is 0 Å². The fourth-order valence-electron chi connectivity index (χ4n) is 5.35. The third-order valence-electron chi connectivity index (χ3n) is 8.13. The first-order chi connectivity index (χ1) is 23.4. The van der Waals surface area contributed by atoms with Gasteiger partial charge in [-0.2, -0.15) is 0 Å². The maximum Gasteiger partial charge on any atom is -0.0140 e. The van der Waals surface area contributed by atoms with Gasteiger partial charge in [0.05, 0.1) is 0 Å². The van der Waals surface area contributed by atoms with Crippen molar-refractivity contribution >= 4 is 12.2 Å². The molecule has 48 heavy (non-hydrogen) atoms. The minimum atomic E-state index is 0.562. The summed E-state index contributed by atoms with van der Waals surface area (Å²) in [5.41, 5.74) is 10.8. The van der Waals surface area contributed by atoms with Crippen LogP contribution < -0.4 is 10.4 Å². The fraction of sp³-hybridized carbons (Fsp3) is 0.333. The van der Waals surface area contributed by atoms with E-state index in [1.807, 2.05) is 27.7 Å². The molecule has 0 aromatic heterocycles. The van der Waals surface area contributed by atoms with E-state index in [0.29, 0.717) is 5.92 Å². The molecular weight excluding hydrogens is 577 g/mol. The molecule has 0 amide bonds. The zero-order valence-electron chi connectivity index (χ0n) is 32.1. The SMILES string of the molecule is C/C=c1/cccc/c1=C/CC.CC.CC.CCC(C)c1ccc(-c2ccc(C)cc2)cc1-c1ccccc1C.CCCc1ccccc1. The largest absolute Gasteiger partial charge is 0.0798 e. The van der Waals surface area contributed by atoms with E-state index in [1.165, 1.54) is 67.8 Å². The molecule has 0 aliphatic carbocycles. The van der Waals surface area contributed by atoms with Crippen LogP contribution in [0.1, 0.15) is 110 Å². The zero-order valence-corrected chi connectivity index (χ0v) is 32.1. The number of aryl methyl sites for hydroxylation is 3. The summed E-state index contributed by atoms with van der Waals surface area (Å²) in [6.45, 7) is 23.4. The third kappa shape index (κ3) is 13.9. The highest BCUT2D eigenvalue weighted by Gasteiger charge is 2.13. The maximum atomic E-state index is 2.37. The molecule has 5 aromatic rings. The van der Waals surface area contributed by atoms with E-state index in [9.17, 15) is 0 Å². The predicted molar refractivity (Wildman–Crippen MR) is 219 cm³/mol. The number of hydrogen-bond acceptors (Lipinski definition) is 0.